The second-order valence-electron chi connectivity index (χ2n) is 6.16. The van der Waals surface area contributed by atoms with E-state index in [1.165, 1.54) is 11.3 Å². The molecule has 4 rings (SSSR count). The monoisotopic (exact) mass is 409 g/mol. The van der Waals surface area contributed by atoms with Crippen molar-refractivity contribution in [3.05, 3.63) is 76.5 Å². The maximum absolute atomic E-state index is 12.4. The van der Waals surface area contributed by atoms with Crippen molar-refractivity contribution in [3.8, 4) is 22.7 Å². The first kappa shape index (κ1) is 18.4. The molecule has 4 aromatic rings. The summed E-state index contributed by atoms with van der Waals surface area (Å²) in [4.78, 5) is 21.4. The Morgan fingerprint density at radius 2 is 1.82 bits per heavy atom. The standard InChI is InChI=1S/C21H16ClN3O2S/c1-13-17(23-20(27-13)15-5-3-2-4-6-15)11-19(26)25-21-24-18(12-28-21)14-7-9-16(22)10-8-14/h2-10,12H,11H2,1H3,(H,24,25,26). The van der Waals surface area contributed by atoms with Crippen molar-refractivity contribution in [2.45, 2.75) is 13.3 Å². The fourth-order valence-electron chi connectivity index (χ4n) is 2.70. The molecule has 0 spiro atoms. The smallest absolute Gasteiger partial charge is 0.232 e. The quantitative estimate of drug-likeness (QED) is 0.465. The van der Waals surface area contributed by atoms with Gasteiger partial charge in [0.25, 0.3) is 0 Å². The van der Waals surface area contributed by atoms with Gasteiger partial charge in [0.1, 0.15) is 5.76 Å². The number of halogens is 1. The van der Waals surface area contributed by atoms with Crippen molar-refractivity contribution >= 4 is 34.0 Å². The molecule has 0 fully saturated rings. The number of rotatable bonds is 5. The van der Waals surface area contributed by atoms with E-state index in [4.69, 9.17) is 16.0 Å². The number of carbonyl (C=O) groups excluding carboxylic acids is 1. The molecule has 2 heterocycles. The number of nitrogens with one attached hydrogen (secondary N) is 1. The molecule has 1 amide bonds. The summed E-state index contributed by atoms with van der Waals surface area (Å²) in [5, 5.41) is 5.94. The highest BCUT2D eigenvalue weighted by Gasteiger charge is 2.16. The number of benzene rings is 2. The molecular formula is C21H16ClN3O2S. The molecule has 0 aliphatic rings. The molecule has 0 saturated heterocycles. The van der Waals surface area contributed by atoms with Gasteiger partial charge in [0.05, 0.1) is 17.8 Å². The second-order valence-corrected chi connectivity index (χ2v) is 7.45. The third-order valence-electron chi connectivity index (χ3n) is 4.13. The van der Waals surface area contributed by atoms with Crippen LogP contribution in [0.4, 0.5) is 5.13 Å². The third kappa shape index (κ3) is 4.13. The number of oxazole rings is 1. The Bertz CT molecular complexity index is 1100. The average Bonchev–Trinajstić information content (AvgIpc) is 3.30. The minimum Gasteiger partial charge on any atom is -0.441 e. The molecule has 0 atom stereocenters. The summed E-state index contributed by atoms with van der Waals surface area (Å²) in [5.41, 5.74) is 3.23. The van der Waals surface area contributed by atoms with Crippen molar-refractivity contribution in [3.63, 3.8) is 0 Å². The van der Waals surface area contributed by atoms with Crippen LogP contribution in [0.15, 0.2) is 64.4 Å². The van der Waals surface area contributed by atoms with Crippen LogP contribution in [0.25, 0.3) is 22.7 Å². The SMILES string of the molecule is Cc1oc(-c2ccccc2)nc1CC(=O)Nc1nc(-c2ccc(Cl)cc2)cs1. The lowest BCUT2D eigenvalue weighted by molar-refractivity contribution is -0.115. The van der Waals surface area contributed by atoms with E-state index in [2.05, 4.69) is 15.3 Å². The van der Waals surface area contributed by atoms with Crippen molar-refractivity contribution in [1.82, 2.24) is 9.97 Å². The summed E-state index contributed by atoms with van der Waals surface area (Å²) in [5.74, 6) is 0.961. The molecule has 2 aromatic carbocycles. The van der Waals surface area contributed by atoms with E-state index in [0.29, 0.717) is 27.5 Å². The number of thiazole rings is 1. The Kier molecular flexibility index (Phi) is 5.23. The van der Waals surface area contributed by atoms with Crippen LogP contribution >= 0.6 is 22.9 Å². The van der Waals surface area contributed by atoms with Crippen LogP contribution < -0.4 is 5.32 Å². The molecule has 5 nitrogen and oxygen atoms in total. The molecule has 0 radical (unpaired) electrons. The predicted molar refractivity (Wildman–Crippen MR) is 112 cm³/mol. The summed E-state index contributed by atoms with van der Waals surface area (Å²) in [7, 11) is 0. The molecule has 140 valence electrons. The first-order valence-electron chi connectivity index (χ1n) is 8.61. The number of nitrogens with zero attached hydrogens (tertiary/aromatic N) is 2. The Morgan fingerprint density at radius 1 is 1.07 bits per heavy atom. The van der Waals surface area contributed by atoms with Crippen LogP contribution in [0.1, 0.15) is 11.5 Å². The normalized spacial score (nSPS) is 10.8. The molecule has 0 bridgehead atoms. The molecule has 0 saturated carbocycles. The fourth-order valence-corrected chi connectivity index (χ4v) is 3.56. The highest BCUT2D eigenvalue weighted by Crippen LogP contribution is 2.26. The van der Waals surface area contributed by atoms with Gasteiger partial charge < -0.3 is 9.73 Å². The lowest BCUT2D eigenvalue weighted by Crippen LogP contribution is -2.15. The molecule has 0 aliphatic carbocycles. The van der Waals surface area contributed by atoms with E-state index < -0.39 is 0 Å². The Hall–Kier alpha value is -2.96. The lowest BCUT2D eigenvalue weighted by Gasteiger charge is -2.00. The number of amides is 1. The zero-order valence-electron chi connectivity index (χ0n) is 15.0. The number of aryl methyl sites for hydroxylation is 1. The fraction of sp³-hybridized carbons (Fsp3) is 0.0952. The summed E-state index contributed by atoms with van der Waals surface area (Å²) in [6, 6.07) is 17.0. The van der Waals surface area contributed by atoms with E-state index in [0.717, 1.165) is 16.8 Å². The summed E-state index contributed by atoms with van der Waals surface area (Å²) < 4.78 is 5.71. The van der Waals surface area contributed by atoms with Gasteiger partial charge in [-0.15, -0.1) is 11.3 Å². The van der Waals surface area contributed by atoms with Crippen molar-refractivity contribution in [2.24, 2.45) is 0 Å². The van der Waals surface area contributed by atoms with Gasteiger partial charge in [-0.05, 0) is 31.2 Å². The van der Waals surface area contributed by atoms with Crippen LogP contribution in [0.3, 0.4) is 0 Å². The first-order chi connectivity index (χ1) is 13.6. The van der Waals surface area contributed by atoms with Crippen molar-refractivity contribution < 1.29 is 9.21 Å². The van der Waals surface area contributed by atoms with Gasteiger partial charge in [-0.1, -0.05) is 41.9 Å². The van der Waals surface area contributed by atoms with Crippen LogP contribution in [0.2, 0.25) is 5.02 Å². The predicted octanol–water partition coefficient (Wildman–Crippen LogP) is 5.61. The molecule has 28 heavy (non-hydrogen) atoms. The van der Waals surface area contributed by atoms with Gasteiger partial charge in [-0.3, -0.25) is 4.79 Å². The van der Waals surface area contributed by atoms with Gasteiger partial charge in [0, 0.05) is 21.5 Å². The molecule has 7 heteroatoms. The summed E-state index contributed by atoms with van der Waals surface area (Å²) >= 11 is 7.29. The van der Waals surface area contributed by atoms with Gasteiger partial charge in [-0.25, -0.2) is 9.97 Å². The second kappa shape index (κ2) is 7.96. The highest BCUT2D eigenvalue weighted by molar-refractivity contribution is 7.14. The van der Waals surface area contributed by atoms with E-state index in [1.54, 1.807) is 0 Å². The number of anilines is 1. The Balaban J connectivity index is 1.44. The zero-order valence-corrected chi connectivity index (χ0v) is 16.6. The maximum Gasteiger partial charge on any atom is 0.232 e. The number of carbonyl (C=O) groups is 1. The molecular weight excluding hydrogens is 394 g/mol. The average molecular weight is 410 g/mol. The van der Waals surface area contributed by atoms with E-state index in [-0.39, 0.29) is 12.3 Å². The van der Waals surface area contributed by atoms with Crippen LogP contribution in [0, 0.1) is 6.92 Å². The van der Waals surface area contributed by atoms with Crippen LogP contribution in [-0.4, -0.2) is 15.9 Å². The lowest BCUT2D eigenvalue weighted by atomic mass is 10.2. The summed E-state index contributed by atoms with van der Waals surface area (Å²) in [6.45, 7) is 1.81. The Labute approximate surface area is 171 Å². The van der Waals surface area contributed by atoms with Crippen molar-refractivity contribution in [2.75, 3.05) is 5.32 Å². The zero-order chi connectivity index (χ0) is 19.5. The maximum atomic E-state index is 12.4. The molecule has 0 unspecified atom stereocenters. The first-order valence-corrected chi connectivity index (χ1v) is 9.87. The minimum atomic E-state index is -0.187. The molecule has 1 N–H and O–H groups in total. The van der Waals surface area contributed by atoms with Crippen molar-refractivity contribution in [1.29, 1.82) is 0 Å². The Morgan fingerprint density at radius 3 is 2.57 bits per heavy atom. The van der Waals surface area contributed by atoms with E-state index in [1.807, 2.05) is 66.9 Å². The van der Waals surface area contributed by atoms with E-state index >= 15 is 0 Å². The third-order valence-corrected chi connectivity index (χ3v) is 5.14. The van der Waals surface area contributed by atoms with Gasteiger partial charge in [-0.2, -0.15) is 0 Å². The van der Waals surface area contributed by atoms with Gasteiger partial charge >= 0.3 is 0 Å². The number of hydrogen-bond acceptors (Lipinski definition) is 5. The molecule has 2 aromatic heterocycles. The molecule has 0 aliphatic heterocycles. The summed E-state index contributed by atoms with van der Waals surface area (Å²) in [6.07, 6.45) is 0.123. The minimum absolute atomic E-state index is 0.123. The van der Waals surface area contributed by atoms with Crippen LogP contribution in [0.5, 0.6) is 0 Å². The van der Waals surface area contributed by atoms with Gasteiger partial charge in [0.2, 0.25) is 11.8 Å². The number of hydrogen-bond donors (Lipinski definition) is 1. The number of aromatic nitrogens is 2. The van der Waals surface area contributed by atoms with Crippen LogP contribution in [-0.2, 0) is 11.2 Å². The highest BCUT2D eigenvalue weighted by atomic mass is 35.5. The van der Waals surface area contributed by atoms with E-state index in [9.17, 15) is 4.79 Å². The topological polar surface area (TPSA) is 68.0 Å². The van der Waals surface area contributed by atoms with Gasteiger partial charge in [0.15, 0.2) is 5.13 Å². The largest absolute Gasteiger partial charge is 0.441 e.